The Balaban J connectivity index is 1.98. The summed E-state index contributed by atoms with van der Waals surface area (Å²) >= 11 is 1.43. The maximum atomic E-state index is 10.1. The highest BCUT2D eigenvalue weighted by molar-refractivity contribution is 7.99. The van der Waals surface area contributed by atoms with Gasteiger partial charge >= 0.3 is 0 Å². The average Bonchev–Trinajstić information content (AvgIpc) is 3.05. The fourth-order valence-corrected chi connectivity index (χ4v) is 4.32. The number of imidazole rings is 1. The monoisotopic (exact) mass is 444 g/mol. The largest absolute Gasteiger partial charge is 0.504 e. The molecule has 9 heteroatoms. The summed E-state index contributed by atoms with van der Waals surface area (Å²) in [7, 11) is 1.94. The lowest BCUT2D eigenvalue weighted by atomic mass is 9.97. The molecule has 0 aliphatic heterocycles. The summed E-state index contributed by atoms with van der Waals surface area (Å²) in [4.78, 5) is 11.7. The third kappa shape index (κ3) is 5.34. The van der Waals surface area contributed by atoms with Gasteiger partial charge < -0.3 is 30.7 Å². The number of hydrogen-bond donors (Lipinski definition) is 4. The minimum Gasteiger partial charge on any atom is -0.504 e. The Labute approximate surface area is 187 Å². The molecule has 0 spiro atoms. The van der Waals surface area contributed by atoms with Crippen LogP contribution in [-0.4, -0.2) is 51.4 Å². The highest BCUT2D eigenvalue weighted by Crippen LogP contribution is 2.42. The molecule has 0 saturated heterocycles. The van der Waals surface area contributed by atoms with Gasteiger partial charge in [0.2, 0.25) is 0 Å². The molecule has 1 aromatic carbocycles. The quantitative estimate of drug-likeness (QED) is 0.308. The third-order valence-corrected chi connectivity index (χ3v) is 6.01. The summed E-state index contributed by atoms with van der Waals surface area (Å²) in [6.45, 7) is 11.8. The molecule has 2 heterocycles. The Morgan fingerprint density at radius 2 is 1.94 bits per heavy atom. The Bertz CT molecular complexity index is 1060. The molecule has 0 saturated carbocycles. The van der Waals surface area contributed by atoms with Crippen molar-refractivity contribution in [1.29, 1.82) is 0 Å². The van der Waals surface area contributed by atoms with Crippen molar-refractivity contribution >= 4 is 34.3 Å². The zero-order valence-corrected chi connectivity index (χ0v) is 19.6. The van der Waals surface area contributed by atoms with Crippen LogP contribution in [-0.2, 0) is 6.54 Å². The fourth-order valence-electron chi connectivity index (χ4n) is 3.19. The number of rotatable bonds is 8. The Hall–Kier alpha value is -2.65. The van der Waals surface area contributed by atoms with Crippen molar-refractivity contribution in [2.75, 3.05) is 37.3 Å². The van der Waals surface area contributed by atoms with Crippen molar-refractivity contribution in [3.05, 3.63) is 24.4 Å². The number of fused-ring (bicyclic) bond motifs is 1. The summed E-state index contributed by atoms with van der Waals surface area (Å²) < 4.78 is 2.12. The molecular formula is C22H32N6O2S. The number of phenols is 2. The first-order valence-electron chi connectivity index (χ1n) is 10.4. The van der Waals surface area contributed by atoms with Gasteiger partial charge in [0.25, 0.3) is 0 Å². The Kier molecular flexibility index (Phi) is 6.86. The second kappa shape index (κ2) is 9.23. The Morgan fingerprint density at radius 1 is 1.23 bits per heavy atom. The molecule has 168 valence electrons. The van der Waals surface area contributed by atoms with Crippen LogP contribution in [0.25, 0.3) is 11.0 Å². The minimum atomic E-state index is -0.161. The number of aromatic hydroxyl groups is 2. The van der Waals surface area contributed by atoms with Crippen LogP contribution in [0, 0.1) is 5.41 Å². The highest BCUT2D eigenvalue weighted by atomic mass is 32.2. The van der Waals surface area contributed by atoms with E-state index in [9.17, 15) is 10.2 Å². The molecule has 0 aliphatic rings. The van der Waals surface area contributed by atoms with Gasteiger partial charge in [-0.3, -0.25) is 0 Å². The number of nitrogens with one attached hydrogen (secondary N) is 1. The summed E-state index contributed by atoms with van der Waals surface area (Å²) in [5, 5.41) is 24.4. The lowest BCUT2D eigenvalue weighted by Crippen LogP contribution is -2.29. The first-order chi connectivity index (χ1) is 14.6. The number of hydrogen-bond acceptors (Lipinski definition) is 8. The van der Waals surface area contributed by atoms with E-state index in [1.165, 1.54) is 11.8 Å². The lowest BCUT2D eigenvalue weighted by Gasteiger charge is -2.21. The van der Waals surface area contributed by atoms with Gasteiger partial charge in [-0.15, -0.1) is 0 Å². The predicted molar refractivity (Wildman–Crippen MR) is 127 cm³/mol. The van der Waals surface area contributed by atoms with Gasteiger partial charge in [-0.05, 0) is 36.2 Å². The molecule has 31 heavy (non-hydrogen) atoms. The fraction of sp³-hybridized carbons (Fsp3) is 0.455. The van der Waals surface area contributed by atoms with Crippen LogP contribution in [0.2, 0.25) is 0 Å². The Morgan fingerprint density at radius 3 is 2.61 bits per heavy atom. The van der Waals surface area contributed by atoms with Gasteiger partial charge in [0.1, 0.15) is 5.52 Å². The molecule has 0 bridgehead atoms. The summed E-state index contributed by atoms with van der Waals surface area (Å²) in [5.41, 5.74) is 8.69. The number of anilines is 2. The first-order valence-corrected chi connectivity index (χ1v) is 11.2. The van der Waals surface area contributed by atoms with Crippen LogP contribution < -0.4 is 16.0 Å². The molecule has 0 aliphatic carbocycles. The summed E-state index contributed by atoms with van der Waals surface area (Å²) in [6.07, 6.45) is 1.69. The molecule has 0 radical (unpaired) electrons. The number of benzene rings is 1. The first kappa shape index (κ1) is 23.0. The molecule has 0 unspecified atom stereocenters. The van der Waals surface area contributed by atoms with Gasteiger partial charge in [-0.1, -0.05) is 20.8 Å². The van der Waals surface area contributed by atoms with E-state index in [2.05, 4.69) is 35.6 Å². The van der Waals surface area contributed by atoms with Crippen molar-refractivity contribution in [3.8, 4) is 11.5 Å². The van der Waals surface area contributed by atoms with E-state index in [4.69, 9.17) is 10.7 Å². The zero-order chi connectivity index (χ0) is 22.8. The van der Waals surface area contributed by atoms with Gasteiger partial charge in [-0.25, -0.2) is 9.97 Å². The summed E-state index contributed by atoms with van der Waals surface area (Å²) in [5.74, 6) is 0.0830. The van der Waals surface area contributed by atoms with E-state index in [0.717, 1.165) is 40.9 Å². The maximum Gasteiger partial charge on any atom is 0.174 e. The number of phenolic OH excluding ortho intramolecular Hbond substituents is 2. The topological polar surface area (TPSA) is 112 Å². The lowest BCUT2D eigenvalue weighted by molar-refractivity contribution is 0.375. The number of aromatic nitrogens is 3. The molecule has 0 amide bonds. The van der Waals surface area contributed by atoms with Gasteiger partial charge in [-0.2, -0.15) is 0 Å². The zero-order valence-electron chi connectivity index (χ0n) is 18.8. The van der Waals surface area contributed by atoms with Crippen LogP contribution in [0.15, 0.2) is 34.4 Å². The van der Waals surface area contributed by atoms with Crippen molar-refractivity contribution in [2.45, 2.75) is 44.3 Å². The smallest absolute Gasteiger partial charge is 0.174 e. The highest BCUT2D eigenvalue weighted by Gasteiger charge is 2.19. The van der Waals surface area contributed by atoms with E-state index < -0.39 is 0 Å². The normalized spacial score (nSPS) is 11.9. The standard InChI is InChI=1S/C22H32N6O2S/c1-6-27(5)15-11-16(29)17(30)12-18(15)31-21-26-19-14(7-8-25-20(19)23)28(21)10-9-24-13-22(2,3)4/h7-8,11-12,24,29-30H,6,9-10,13H2,1-5H3,(H2,23,25). The second-order valence-electron chi connectivity index (χ2n) is 8.77. The van der Waals surface area contributed by atoms with E-state index in [0.29, 0.717) is 17.9 Å². The molecule has 5 N–H and O–H groups in total. The van der Waals surface area contributed by atoms with Gasteiger partial charge in [0.15, 0.2) is 22.5 Å². The van der Waals surface area contributed by atoms with E-state index in [-0.39, 0.29) is 16.9 Å². The molecule has 3 aromatic rings. The van der Waals surface area contributed by atoms with Crippen LogP contribution in [0.5, 0.6) is 11.5 Å². The molecule has 8 nitrogen and oxygen atoms in total. The predicted octanol–water partition coefficient (Wildman–Crippen LogP) is 3.67. The number of nitrogen functional groups attached to an aromatic ring is 1. The maximum absolute atomic E-state index is 10.1. The summed E-state index contributed by atoms with van der Waals surface area (Å²) in [6, 6.07) is 5.07. The van der Waals surface area contributed by atoms with E-state index in [1.807, 2.05) is 24.9 Å². The molecule has 0 fully saturated rings. The number of nitrogens with two attached hydrogens (primary N) is 1. The molecule has 0 atom stereocenters. The number of nitrogens with zero attached hydrogens (tertiary/aromatic N) is 4. The van der Waals surface area contributed by atoms with Crippen LogP contribution in [0.3, 0.4) is 0 Å². The SMILES string of the molecule is CCN(C)c1cc(O)c(O)cc1Sc1nc2c(N)nccc2n1CCNCC(C)(C)C. The number of pyridine rings is 1. The minimum absolute atomic E-state index is 0.145. The molecular weight excluding hydrogens is 412 g/mol. The van der Waals surface area contributed by atoms with Crippen LogP contribution in [0.4, 0.5) is 11.5 Å². The van der Waals surface area contributed by atoms with Crippen molar-refractivity contribution in [3.63, 3.8) is 0 Å². The van der Waals surface area contributed by atoms with Gasteiger partial charge in [0, 0.05) is 50.4 Å². The van der Waals surface area contributed by atoms with Crippen molar-refractivity contribution in [1.82, 2.24) is 19.9 Å². The third-order valence-electron chi connectivity index (χ3n) is 4.97. The van der Waals surface area contributed by atoms with Crippen LogP contribution >= 0.6 is 11.8 Å². The van der Waals surface area contributed by atoms with E-state index in [1.54, 1.807) is 18.3 Å². The molecule has 3 rings (SSSR count). The van der Waals surface area contributed by atoms with Crippen LogP contribution in [0.1, 0.15) is 27.7 Å². The molecule has 2 aromatic heterocycles. The average molecular weight is 445 g/mol. The van der Waals surface area contributed by atoms with Gasteiger partial charge in [0.05, 0.1) is 11.2 Å². The second-order valence-corrected chi connectivity index (χ2v) is 9.78. The van der Waals surface area contributed by atoms with E-state index >= 15 is 0 Å². The van der Waals surface area contributed by atoms with Crippen molar-refractivity contribution < 1.29 is 10.2 Å². The van der Waals surface area contributed by atoms with Crippen molar-refractivity contribution in [2.24, 2.45) is 5.41 Å².